The number of methoxy groups -OCH3 is 1. The molecule has 0 spiro atoms. The Morgan fingerprint density at radius 2 is 1.89 bits per heavy atom. The maximum atomic E-state index is 11.8. The van der Waals surface area contributed by atoms with Crippen molar-refractivity contribution in [1.29, 1.82) is 0 Å². The van der Waals surface area contributed by atoms with Crippen molar-refractivity contribution in [2.45, 2.75) is 25.8 Å². The van der Waals surface area contributed by atoms with Gasteiger partial charge in [-0.1, -0.05) is 25.5 Å². The van der Waals surface area contributed by atoms with Crippen LogP contribution in [0.4, 0.5) is 0 Å². The summed E-state index contributed by atoms with van der Waals surface area (Å²) in [5, 5.41) is 0. The van der Waals surface area contributed by atoms with E-state index in [4.69, 9.17) is 10.5 Å². The quantitative estimate of drug-likeness (QED) is 0.822. The summed E-state index contributed by atoms with van der Waals surface area (Å²) in [6.07, 6.45) is 1.56. The molecule has 1 unspecified atom stereocenters. The molecule has 0 heterocycles. The second kappa shape index (κ2) is 6.75. The van der Waals surface area contributed by atoms with E-state index in [1.54, 1.807) is 31.4 Å². The summed E-state index contributed by atoms with van der Waals surface area (Å²) in [5.41, 5.74) is 6.74. The molecule has 1 atom stereocenters. The van der Waals surface area contributed by atoms with Crippen LogP contribution < -0.4 is 10.5 Å². The first-order chi connectivity index (χ1) is 8.48. The second-order valence-corrected chi connectivity index (χ2v) is 6.58. The number of rotatable bonds is 7. The fourth-order valence-corrected chi connectivity index (χ4v) is 3.30. The minimum Gasteiger partial charge on any atom is -0.497 e. The molecule has 1 aromatic carbocycles. The Bertz CT molecular complexity index is 454. The fourth-order valence-electron chi connectivity index (χ4n) is 1.67. The zero-order valence-electron chi connectivity index (χ0n) is 10.9. The van der Waals surface area contributed by atoms with Gasteiger partial charge in [-0.2, -0.15) is 0 Å². The maximum Gasteiger partial charge on any atom is 0.152 e. The number of hydrogen-bond donors (Lipinski definition) is 1. The number of nitrogens with two attached hydrogens (primary N) is 1. The summed E-state index contributed by atoms with van der Waals surface area (Å²) in [4.78, 5) is 0. The van der Waals surface area contributed by atoms with Crippen LogP contribution in [0.5, 0.6) is 5.75 Å². The topological polar surface area (TPSA) is 69.4 Å². The van der Waals surface area contributed by atoms with E-state index in [1.165, 1.54) is 0 Å². The monoisotopic (exact) mass is 271 g/mol. The summed E-state index contributed by atoms with van der Waals surface area (Å²) in [7, 11) is -1.48. The average Bonchev–Trinajstić information content (AvgIpc) is 2.36. The van der Waals surface area contributed by atoms with E-state index in [0.717, 1.165) is 17.7 Å². The van der Waals surface area contributed by atoms with Crippen molar-refractivity contribution >= 4 is 9.84 Å². The number of hydrogen-bond acceptors (Lipinski definition) is 4. The molecule has 0 aliphatic carbocycles. The lowest BCUT2D eigenvalue weighted by atomic mass is 10.1. The summed E-state index contributed by atoms with van der Waals surface area (Å²) in [6.45, 7) is 1.97. The molecule has 0 aliphatic rings. The van der Waals surface area contributed by atoms with Crippen molar-refractivity contribution in [3.63, 3.8) is 0 Å². The van der Waals surface area contributed by atoms with Gasteiger partial charge in [-0.05, 0) is 24.1 Å². The van der Waals surface area contributed by atoms with Crippen molar-refractivity contribution in [2.75, 3.05) is 18.6 Å². The molecule has 0 aliphatic heterocycles. The van der Waals surface area contributed by atoms with Gasteiger partial charge in [0.1, 0.15) is 5.75 Å². The van der Waals surface area contributed by atoms with Gasteiger partial charge in [-0.25, -0.2) is 8.42 Å². The number of unbranched alkanes of at least 4 members (excludes halogenated alkanes) is 1. The predicted molar refractivity (Wildman–Crippen MR) is 73.5 cm³/mol. The molecular weight excluding hydrogens is 250 g/mol. The van der Waals surface area contributed by atoms with Gasteiger partial charge in [0, 0.05) is 6.04 Å². The summed E-state index contributed by atoms with van der Waals surface area (Å²) < 4.78 is 28.6. The lowest BCUT2D eigenvalue weighted by Crippen LogP contribution is -2.23. The zero-order chi connectivity index (χ0) is 13.6. The first-order valence-electron chi connectivity index (χ1n) is 6.08. The Kier molecular flexibility index (Phi) is 5.62. The number of sulfone groups is 1. The van der Waals surface area contributed by atoms with Crippen molar-refractivity contribution in [1.82, 2.24) is 0 Å². The molecule has 4 nitrogen and oxygen atoms in total. The standard InChI is InChI=1S/C13H21NO3S/c1-3-4-9-18(15,16)10-13(14)11-5-7-12(17-2)8-6-11/h5-8,13H,3-4,9-10,14H2,1-2H3. The Morgan fingerprint density at radius 1 is 1.28 bits per heavy atom. The third-order valence-corrected chi connectivity index (χ3v) is 4.56. The van der Waals surface area contributed by atoms with E-state index >= 15 is 0 Å². The Balaban J connectivity index is 2.66. The Labute approximate surface area is 109 Å². The molecule has 1 aromatic rings. The van der Waals surface area contributed by atoms with Crippen molar-refractivity contribution in [3.05, 3.63) is 29.8 Å². The van der Waals surface area contributed by atoms with E-state index < -0.39 is 15.9 Å². The smallest absolute Gasteiger partial charge is 0.152 e. The largest absolute Gasteiger partial charge is 0.497 e. The molecule has 5 heteroatoms. The van der Waals surface area contributed by atoms with Gasteiger partial charge in [0.15, 0.2) is 9.84 Å². The van der Waals surface area contributed by atoms with E-state index in [2.05, 4.69) is 0 Å². The van der Waals surface area contributed by atoms with E-state index in [9.17, 15) is 8.42 Å². The average molecular weight is 271 g/mol. The lowest BCUT2D eigenvalue weighted by Gasteiger charge is -2.13. The molecule has 0 saturated carbocycles. The fraction of sp³-hybridized carbons (Fsp3) is 0.538. The highest BCUT2D eigenvalue weighted by Gasteiger charge is 2.17. The summed E-state index contributed by atoms with van der Waals surface area (Å²) >= 11 is 0. The SMILES string of the molecule is CCCCS(=O)(=O)CC(N)c1ccc(OC)cc1. The zero-order valence-corrected chi connectivity index (χ0v) is 11.7. The molecule has 102 valence electrons. The molecule has 0 radical (unpaired) electrons. The van der Waals surface area contributed by atoms with Crippen molar-refractivity contribution in [3.8, 4) is 5.75 Å². The molecule has 0 bridgehead atoms. The summed E-state index contributed by atoms with van der Waals surface area (Å²) in [5.74, 6) is 0.951. The van der Waals surface area contributed by atoms with E-state index in [0.29, 0.717) is 6.42 Å². The highest BCUT2D eigenvalue weighted by atomic mass is 32.2. The predicted octanol–water partition coefficient (Wildman–Crippen LogP) is 1.91. The Morgan fingerprint density at radius 3 is 2.39 bits per heavy atom. The van der Waals surface area contributed by atoms with Crippen molar-refractivity contribution in [2.24, 2.45) is 5.73 Å². The molecule has 18 heavy (non-hydrogen) atoms. The molecule has 1 rings (SSSR count). The normalized spacial score (nSPS) is 13.3. The minimum absolute atomic E-state index is 0.000666. The number of benzene rings is 1. The first kappa shape index (κ1) is 15.0. The lowest BCUT2D eigenvalue weighted by molar-refractivity contribution is 0.414. The molecule has 0 amide bonds. The van der Waals surface area contributed by atoms with E-state index in [1.807, 2.05) is 6.92 Å². The van der Waals surface area contributed by atoms with Crippen LogP contribution in [-0.4, -0.2) is 27.0 Å². The van der Waals surface area contributed by atoms with E-state index in [-0.39, 0.29) is 11.5 Å². The molecule has 0 aromatic heterocycles. The van der Waals surface area contributed by atoms with Gasteiger partial charge in [0.2, 0.25) is 0 Å². The van der Waals surface area contributed by atoms with Crippen LogP contribution in [0.2, 0.25) is 0 Å². The third-order valence-electron chi connectivity index (χ3n) is 2.79. The summed E-state index contributed by atoms with van der Waals surface area (Å²) in [6, 6.07) is 6.71. The van der Waals surface area contributed by atoms with Gasteiger partial charge in [0.25, 0.3) is 0 Å². The van der Waals surface area contributed by atoms with Gasteiger partial charge < -0.3 is 10.5 Å². The van der Waals surface area contributed by atoms with Crippen LogP contribution in [0.25, 0.3) is 0 Å². The number of ether oxygens (including phenoxy) is 1. The van der Waals surface area contributed by atoms with Crippen LogP contribution in [0.3, 0.4) is 0 Å². The molecular formula is C13H21NO3S. The van der Waals surface area contributed by atoms with Gasteiger partial charge >= 0.3 is 0 Å². The van der Waals surface area contributed by atoms with Gasteiger partial charge in [-0.3, -0.25) is 0 Å². The van der Waals surface area contributed by atoms with Crippen LogP contribution in [0.1, 0.15) is 31.4 Å². The highest BCUT2D eigenvalue weighted by Crippen LogP contribution is 2.17. The maximum absolute atomic E-state index is 11.8. The van der Waals surface area contributed by atoms with Crippen LogP contribution >= 0.6 is 0 Å². The van der Waals surface area contributed by atoms with Gasteiger partial charge in [-0.15, -0.1) is 0 Å². The van der Waals surface area contributed by atoms with Crippen LogP contribution in [0.15, 0.2) is 24.3 Å². The van der Waals surface area contributed by atoms with Crippen LogP contribution in [-0.2, 0) is 9.84 Å². The first-order valence-corrected chi connectivity index (χ1v) is 7.90. The van der Waals surface area contributed by atoms with Gasteiger partial charge in [0.05, 0.1) is 18.6 Å². The highest BCUT2D eigenvalue weighted by molar-refractivity contribution is 7.91. The van der Waals surface area contributed by atoms with Crippen molar-refractivity contribution < 1.29 is 13.2 Å². The molecule has 0 fully saturated rings. The molecule has 0 saturated heterocycles. The molecule has 2 N–H and O–H groups in total. The third kappa shape index (κ3) is 4.66. The Hall–Kier alpha value is -1.07. The second-order valence-electron chi connectivity index (χ2n) is 4.35. The minimum atomic E-state index is -3.06. The van der Waals surface area contributed by atoms with Crippen LogP contribution in [0, 0.1) is 0 Å².